The van der Waals surface area contributed by atoms with Crippen molar-refractivity contribution in [3.8, 4) is 0 Å². The van der Waals surface area contributed by atoms with Gasteiger partial charge in [0.25, 0.3) is 0 Å². The van der Waals surface area contributed by atoms with Crippen LogP contribution in [0.1, 0.15) is 24.0 Å². The standard InChI is InChI=1S/C18H20ClNO2S/c1-14-4-10-18(11-5-14)23(21,22)20-12-2-3-17(20)13-15-6-8-16(19)9-7-15/h4-11,17H,2-3,12-13H2,1H3. The molecule has 1 unspecified atom stereocenters. The molecule has 0 N–H and O–H groups in total. The highest BCUT2D eigenvalue weighted by Crippen LogP contribution is 2.28. The Bertz CT molecular complexity index is 770. The van der Waals surface area contributed by atoms with Crippen LogP contribution in [0.4, 0.5) is 0 Å². The summed E-state index contributed by atoms with van der Waals surface area (Å²) in [6.45, 7) is 2.55. The molecule has 3 rings (SSSR count). The van der Waals surface area contributed by atoms with Crippen LogP contribution in [0, 0.1) is 6.92 Å². The Morgan fingerprint density at radius 2 is 1.74 bits per heavy atom. The Kier molecular flexibility index (Phi) is 4.76. The van der Waals surface area contributed by atoms with Gasteiger partial charge in [0.1, 0.15) is 0 Å². The number of benzene rings is 2. The van der Waals surface area contributed by atoms with E-state index in [1.807, 2.05) is 43.3 Å². The van der Waals surface area contributed by atoms with Gasteiger partial charge in [-0.2, -0.15) is 4.31 Å². The second kappa shape index (κ2) is 6.63. The molecule has 5 heteroatoms. The average molecular weight is 350 g/mol. The summed E-state index contributed by atoms with van der Waals surface area (Å²) in [6.07, 6.45) is 2.53. The summed E-state index contributed by atoms with van der Waals surface area (Å²) in [7, 11) is -3.43. The molecule has 122 valence electrons. The second-order valence-corrected chi connectivity index (χ2v) is 8.38. The molecule has 1 aliphatic rings. The van der Waals surface area contributed by atoms with Crippen molar-refractivity contribution >= 4 is 21.6 Å². The fraction of sp³-hybridized carbons (Fsp3) is 0.333. The van der Waals surface area contributed by atoms with Gasteiger partial charge in [0.05, 0.1) is 4.90 Å². The van der Waals surface area contributed by atoms with E-state index in [9.17, 15) is 8.42 Å². The molecule has 2 aromatic carbocycles. The van der Waals surface area contributed by atoms with E-state index < -0.39 is 10.0 Å². The molecule has 1 aliphatic heterocycles. The number of sulfonamides is 1. The van der Waals surface area contributed by atoms with Crippen LogP contribution in [0.2, 0.25) is 5.02 Å². The predicted molar refractivity (Wildman–Crippen MR) is 93.2 cm³/mol. The van der Waals surface area contributed by atoms with E-state index in [1.54, 1.807) is 16.4 Å². The van der Waals surface area contributed by atoms with E-state index in [0.29, 0.717) is 16.5 Å². The van der Waals surface area contributed by atoms with Gasteiger partial charge in [-0.25, -0.2) is 8.42 Å². The van der Waals surface area contributed by atoms with Gasteiger partial charge in [-0.15, -0.1) is 0 Å². The zero-order valence-corrected chi connectivity index (χ0v) is 14.6. The smallest absolute Gasteiger partial charge is 0.207 e. The van der Waals surface area contributed by atoms with Crippen molar-refractivity contribution in [2.75, 3.05) is 6.54 Å². The minimum absolute atomic E-state index is 0.0162. The first-order valence-corrected chi connectivity index (χ1v) is 9.61. The molecule has 0 amide bonds. The van der Waals surface area contributed by atoms with Gasteiger partial charge in [-0.1, -0.05) is 41.4 Å². The molecule has 1 atom stereocenters. The first kappa shape index (κ1) is 16.5. The fourth-order valence-corrected chi connectivity index (χ4v) is 4.89. The molecule has 0 bridgehead atoms. The Morgan fingerprint density at radius 3 is 2.39 bits per heavy atom. The van der Waals surface area contributed by atoms with Crippen molar-refractivity contribution in [2.45, 2.75) is 37.1 Å². The molecule has 0 radical (unpaired) electrons. The van der Waals surface area contributed by atoms with Crippen LogP contribution >= 0.6 is 11.6 Å². The third-order valence-corrected chi connectivity index (χ3v) is 6.55. The number of hydrogen-bond acceptors (Lipinski definition) is 2. The average Bonchev–Trinajstić information content (AvgIpc) is 2.99. The highest BCUT2D eigenvalue weighted by molar-refractivity contribution is 7.89. The van der Waals surface area contributed by atoms with Crippen molar-refractivity contribution in [1.29, 1.82) is 0 Å². The van der Waals surface area contributed by atoms with E-state index in [1.165, 1.54) is 0 Å². The Hall–Kier alpha value is -1.36. The van der Waals surface area contributed by atoms with Gasteiger partial charge in [0.2, 0.25) is 10.0 Å². The Morgan fingerprint density at radius 1 is 1.09 bits per heavy atom. The van der Waals surface area contributed by atoms with Crippen LogP contribution in [-0.4, -0.2) is 25.3 Å². The lowest BCUT2D eigenvalue weighted by Crippen LogP contribution is -2.36. The molecule has 0 saturated carbocycles. The Labute approximate surface area is 142 Å². The number of hydrogen-bond donors (Lipinski definition) is 0. The van der Waals surface area contributed by atoms with Crippen molar-refractivity contribution < 1.29 is 8.42 Å². The number of rotatable bonds is 4. The van der Waals surface area contributed by atoms with E-state index in [-0.39, 0.29) is 6.04 Å². The van der Waals surface area contributed by atoms with Gasteiger partial charge in [-0.3, -0.25) is 0 Å². The second-order valence-electron chi connectivity index (χ2n) is 6.06. The lowest BCUT2D eigenvalue weighted by Gasteiger charge is -2.24. The maximum Gasteiger partial charge on any atom is 0.243 e. The molecule has 23 heavy (non-hydrogen) atoms. The number of nitrogens with zero attached hydrogens (tertiary/aromatic N) is 1. The summed E-state index contributed by atoms with van der Waals surface area (Å²) >= 11 is 5.92. The largest absolute Gasteiger partial charge is 0.243 e. The van der Waals surface area contributed by atoms with Crippen LogP contribution in [0.5, 0.6) is 0 Å². The number of aryl methyl sites for hydroxylation is 1. The van der Waals surface area contributed by atoms with Crippen LogP contribution in [0.3, 0.4) is 0 Å². The van der Waals surface area contributed by atoms with E-state index in [2.05, 4.69) is 0 Å². The maximum atomic E-state index is 12.9. The maximum absolute atomic E-state index is 12.9. The van der Waals surface area contributed by atoms with Gasteiger partial charge < -0.3 is 0 Å². The Balaban J connectivity index is 1.83. The fourth-order valence-electron chi connectivity index (χ4n) is 3.07. The molecule has 1 saturated heterocycles. The summed E-state index contributed by atoms with van der Waals surface area (Å²) < 4.78 is 27.5. The lowest BCUT2D eigenvalue weighted by molar-refractivity contribution is 0.385. The lowest BCUT2D eigenvalue weighted by atomic mass is 10.1. The van der Waals surface area contributed by atoms with Crippen molar-refractivity contribution in [1.82, 2.24) is 4.31 Å². The van der Waals surface area contributed by atoms with E-state index in [4.69, 9.17) is 11.6 Å². The highest BCUT2D eigenvalue weighted by Gasteiger charge is 2.35. The minimum Gasteiger partial charge on any atom is -0.207 e. The molecular weight excluding hydrogens is 330 g/mol. The summed E-state index contributed by atoms with van der Waals surface area (Å²) in [5.41, 5.74) is 2.17. The van der Waals surface area contributed by atoms with Crippen LogP contribution in [0.15, 0.2) is 53.4 Å². The topological polar surface area (TPSA) is 37.4 Å². The van der Waals surface area contributed by atoms with Crippen LogP contribution in [0.25, 0.3) is 0 Å². The summed E-state index contributed by atoms with van der Waals surface area (Å²) in [5, 5.41) is 0.698. The summed E-state index contributed by atoms with van der Waals surface area (Å²) in [4.78, 5) is 0.381. The number of halogens is 1. The quantitative estimate of drug-likeness (QED) is 0.835. The highest BCUT2D eigenvalue weighted by atomic mass is 35.5. The van der Waals surface area contributed by atoms with Gasteiger partial charge in [0, 0.05) is 17.6 Å². The van der Waals surface area contributed by atoms with Gasteiger partial charge >= 0.3 is 0 Å². The third kappa shape index (κ3) is 3.60. The molecule has 0 aromatic heterocycles. The molecule has 1 fully saturated rings. The zero-order valence-electron chi connectivity index (χ0n) is 13.1. The molecule has 1 heterocycles. The van der Waals surface area contributed by atoms with Crippen LogP contribution in [-0.2, 0) is 16.4 Å². The first-order valence-electron chi connectivity index (χ1n) is 7.80. The zero-order chi connectivity index (χ0) is 16.4. The van der Waals surface area contributed by atoms with Gasteiger partial charge in [-0.05, 0) is 56.0 Å². The molecular formula is C18H20ClNO2S. The van der Waals surface area contributed by atoms with Crippen molar-refractivity contribution in [2.24, 2.45) is 0 Å². The molecule has 3 nitrogen and oxygen atoms in total. The predicted octanol–water partition coefficient (Wildman–Crippen LogP) is 4.04. The summed E-state index contributed by atoms with van der Waals surface area (Å²) in [6, 6.07) is 14.7. The normalized spacial score (nSPS) is 19.1. The SMILES string of the molecule is Cc1ccc(S(=O)(=O)N2CCCC2Cc2ccc(Cl)cc2)cc1. The van der Waals surface area contributed by atoms with E-state index >= 15 is 0 Å². The van der Waals surface area contributed by atoms with E-state index in [0.717, 1.165) is 30.4 Å². The summed E-state index contributed by atoms with van der Waals surface area (Å²) in [5.74, 6) is 0. The van der Waals surface area contributed by atoms with Crippen LogP contribution < -0.4 is 0 Å². The molecule has 0 spiro atoms. The monoisotopic (exact) mass is 349 g/mol. The van der Waals surface area contributed by atoms with Gasteiger partial charge in [0.15, 0.2) is 0 Å². The minimum atomic E-state index is -3.43. The first-order chi connectivity index (χ1) is 11.0. The van der Waals surface area contributed by atoms with Crippen molar-refractivity contribution in [3.63, 3.8) is 0 Å². The molecule has 0 aliphatic carbocycles. The molecule has 2 aromatic rings. The third-order valence-electron chi connectivity index (χ3n) is 4.34. The van der Waals surface area contributed by atoms with Crippen molar-refractivity contribution in [3.05, 3.63) is 64.7 Å².